The van der Waals surface area contributed by atoms with E-state index in [1.807, 2.05) is 7.11 Å². The number of aromatic nitrogens is 1. The van der Waals surface area contributed by atoms with Crippen molar-refractivity contribution in [3.05, 3.63) is 42.1 Å². The van der Waals surface area contributed by atoms with Crippen LogP contribution in [0, 0.1) is 0 Å². The largest absolute Gasteiger partial charge is 0.383 e. The van der Waals surface area contributed by atoms with Crippen molar-refractivity contribution < 1.29 is 9.47 Å². The van der Waals surface area contributed by atoms with Gasteiger partial charge >= 0.3 is 0 Å². The van der Waals surface area contributed by atoms with Gasteiger partial charge in [-0.1, -0.05) is 26.0 Å². The Balaban J connectivity index is 1.45. The number of ether oxygens (including phenoxy) is 2. The summed E-state index contributed by atoms with van der Waals surface area (Å²) >= 11 is 0. The van der Waals surface area contributed by atoms with Crippen LogP contribution in [-0.4, -0.2) is 56.1 Å². The van der Waals surface area contributed by atoms with Crippen molar-refractivity contribution in [2.75, 3.05) is 38.0 Å². The Morgan fingerprint density at radius 1 is 1.06 bits per heavy atom. The number of pyridine rings is 1. The van der Waals surface area contributed by atoms with Crippen molar-refractivity contribution >= 4 is 11.5 Å². The van der Waals surface area contributed by atoms with E-state index in [9.17, 15) is 0 Å². The smallest absolute Gasteiger partial charge is 0.126 e. The Kier molecular flexibility index (Phi) is 9.26. The minimum Gasteiger partial charge on any atom is -0.383 e. The normalized spacial score (nSPS) is 22.6. The van der Waals surface area contributed by atoms with E-state index >= 15 is 0 Å². The Morgan fingerprint density at radius 3 is 2.47 bits per heavy atom. The van der Waals surface area contributed by atoms with E-state index in [0.717, 1.165) is 56.8 Å². The fraction of sp³-hybridized carbons (Fsp3) is 0.633. The molecule has 4 rings (SSSR count). The lowest BCUT2D eigenvalue weighted by atomic mass is 9.90. The van der Waals surface area contributed by atoms with Crippen molar-refractivity contribution in [1.29, 1.82) is 0 Å². The summed E-state index contributed by atoms with van der Waals surface area (Å²) in [7, 11) is 3.59. The standard InChI is InChI=1S/C30H46N4O2/c1-6-21(2)28-18-31-29(34-25-12-10-24(11-13-25)33-22(3)19-35-4)17-27(28)23-8-7-9-26(16-23)32-20-30(36-5)14-15-30/h7-9,16-18,21-22,24-25,32-33H,6,10-15,19-20H2,1-5H3,(H,31,34). The summed E-state index contributed by atoms with van der Waals surface area (Å²) in [6, 6.07) is 12.5. The Bertz CT molecular complexity index is 969. The molecule has 198 valence electrons. The van der Waals surface area contributed by atoms with Gasteiger partial charge in [0.15, 0.2) is 0 Å². The van der Waals surface area contributed by atoms with E-state index in [-0.39, 0.29) is 5.60 Å². The van der Waals surface area contributed by atoms with Crippen LogP contribution in [-0.2, 0) is 9.47 Å². The molecule has 6 nitrogen and oxygen atoms in total. The lowest BCUT2D eigenvalue weighted by molar-refractivity contribution is 0.0914. The maximum Gasteiger partial charge on any atom is 0.126 e. The summed E-state index contributed by atoms with van der Waals surface area (Å²) in [5, 5.41) is 11.1. The number of anilines is 2. The van der Waals surface area contributed by atoms with Crippen molar-refractivity contribution in [3.63, 3.8) is 0 Å². The van der Waals surface area contributed by atoms with Crippen molar-refractivity contribution in [2.45, 2.75) is 95.4 Å². The van der Waals surface area contributed by atoms with E-state index < -0.39 is 0 Å². The second-order valence-electron chi connectivity index (χ2n) is 11.0. The van der Waals surface area contributed by atoms with E-state index in [2.05, 4.69) is 73.3 Å². The summed E-state index contributed by atoms with van der Waals surface area (Å²) in [6.45, 7) is 8.36. The van der Waals surface area contributed by atoms with Crippen LogP contribution in [0.15, 0.2) is 36.5 Å². The highest BCUT2D eigenvalue weighted by Crippen LogP contribution is 2.39. The molecular weight excluding hydrogens is 448 g/mol. The van der Waals surface area contributed by atoms with Crippen LogP contribution in [0.2, 0.25) is 0 Å². The molecule has 2 unspecified atom stereocenters. The summed E-state index contributed by atoms with van der Waals surface area (Å²) in [5.41, 5.74) is 5.01. The molecule has 1 aromatic heterocycles. The minimum atomic E-state index is 0.0298. The zero-order valence-electron chi connectivity index (χ0n) is 22.9. The average Bonchev–Trinajstić information content (AvgIpc) is 3.69. The Hall–Kier alpha value is -2.15. The maximum absolute atomic E-state index is 5.69. The summed E-state index contributed by atoms with van der Waals surface area (Å²) < 4.78 is 11.0. The highest BCUT2D eigenvalue weighted by Gasteiger charge is 2.42. The summed E-state index contributed by atoms with van der Waals surface area (Å²) in [5.74, 6) is 1.44. The number of benzene rings is 1. The van der Waals surface area contributed by atoms with Gasteiger partial charge in [-0.05, 0) is 92.7 Å². The van der Waals surface area contributed by atoms with Gasteiger partial charge in [0.25, 0.3) is 0 Å². The molecule has 2 saturated carbocycles. The van der Waals surface area contributed by atoms with Crippen LogP contribution >= 0.6 is 0 Å². The molecule has 0 bridgehead atoms. The molecule has 2 atom stereocenters. The Labute approximate surface area is 218 Å². The van der Waals surface area contributed by atoms with Crippen LogP contribution in [0.1, 0.15) is 77.2 Å². The van der Waals surface area contributed by atoms with Gasteiger partial charge in [-0.3, -0.25) is 0 Å². The zero-order valence-corrected chi connectivity index (χ0v) is 22.9. The molecule has 2 fully saturated rings. The molecule has 0 amide bonds. The van der Waals surface area contributed by atoms with Gasteiger partial charge in [0.2, 0.25) is 0 Å². The quantitative estimate of drug-likeness (QED) is 0.308. The first-order valence-corrected chi connectivity index (χ1v) is 13.9. The molecule has 2 aliphatic rings. The monoisotopic (exact) mass is 494 g/mol. The lowest BCUT2D eigenvalue weighted by Gasteiger charge is -2.32. The fourth-order valence-corrected chi connectivity index (χ4v) is 5.37. The topological polar surface area (TPSA) is 67.4 Å². The number of nitrogens with one attached hydrogen (secondary N) is 3. The minimum absolute atomic E-state index is 0.0298. The van der Waals surface area contributed by atoms with Crippen molar-refractivity contribution in [2.24, 2.45) is 0 Å². The third-order valence-electron chi connectivity index (χ3n) is 8.12. The van der Waals surface area contributed by atoms with Crippen molar-refractivity contribution in [3.8, 4) is 11.1 Å². The highest BCUT2D eigenvalue weighted by atomic mass is 16.5. The molecule has 0 aliphatic heterocycles. The maximum atomic E-state index is 5.69. The van der Waals surface area contributed by atoms with Gasteiger partial charge in [-0.2, -0.15) is 0 Å². The van der Waals surface area contributed by atoms with Gasteiger partial charge in [-0.15, -0.1) is 0 Å². The van der Waals surface area contributed by atoms with Gasteiger partial charge < -0.3 is 25.4 Å². The zero-order chi connectivity index (χ0) is 25.5. The van der Waals surface area contributed by atoms with Crippen LogP contribution in [0.5, 0.6) is 0 Å². The average molecular weight is 495 g/mol. The van der Waals surface area contributed by atoms with Crippen LogP contribution in [0.4, 0.5) is 11.5 Å². The van der Waals surface area contributed by atoms with Crippen LogP contribution in [0.25, 0.3) is 11.1 Å². The van der Waals surface area contributed by atoms with Crippen LogP contribution in [0.3, 0.4) is 0 Å². The number of methoxy groups -OCH3 is 2. The van der Waals surface area contributed by atoms with E-state index in [1.165, 1.54) is 29.5 Å². The number of nitrogens with zero attached hydrogens (tertiary/aromatic N) is 1. The second-order valence-corrected chi connectivity index (χ2v) is 11.0. The van der Waals surface area contributed by atoms with E-state index in [4.69, 9.17) is 14.5 Å². The number of rotatable bonds is 13. The number of hydrogen-bond donors (Lipinski definition) is 3. The number of hydrogen-bond acceptors (Lipinski definition) is 6. The molecule has 36 heavy (non-hydrogen) atoms. The summed E-state index contributed by atoms with van der Waals surface area (Å²) in [4.78, 5) is 4.85. The van der Waals surface area contributed by atoms with E-state index in [1.54, 1.807) is 7.11 Å². The molecule has 0 radical (unpaired) electrons. The fourth-order valence-electron chi connectivity index (χ4n) is 5.37. The Morgan fingerprint density at radius 2 is 1.81 bits per heavy atom. The van der Waals surface area contributed by atoms with Crippen LogP contribution < -0.4 is 16.0 Å². The predicted molar refractivity (Wildman–Crippen MR) is 150 cm³/mol. The summed E-state index contributed by atoms with van der Waals surface area (Å²) in [6.07, 6.45) is 10.1. The lowest BCUT2D eigenvalue weighted by Crippen LogP contribution is -2.42. The second kappa shape index (κ2) is 12.4. The molecule has 3 N–H and O–H groups in total. The third-order valence-corrected chi connectivity index (χ3v) is 8.12. The molecule has 2 aliphatic carbocycles. The van der Waals surface area contributed by atoms with E-state index in [0.29, 0.717) is 24.0 Å². The first-order valence-electron chi connectivity index (χ1n) is 13.9. The SMILES string of the molecule is CCC(C)c1cnc(NC2CCC(NC(C)COC)CC2)cc1-c1cccc(NCC2(OC)CC2)c1. The van der Waals surface area contributed by atoms with Gasteiger partial charge in [0.1, 0.15) is 5.82 Å². The molecular formula is C30H46N4O2. The molecule has 6 heteroatoms. The molecule has 2 aromatic rings. The molecule has 0 saturated heterocycles. The predicted octanol–water partition coefficient (Wildman–Crippen LogP) is 6.20. The van der Waals surface area contributed by atoms with Gasteiger partial charge in [-0.25, -0.2) is 4.98 Å². The molecule has 0 spiro atoms. The first-order chi connectivity index (χ1) is 17.4. The molecule has 1 heterocycles. The first kappa shape index (κ1) is 26.9. The third kappa shape index (κ3) is 6.99. The van der Waals surface area contributed by atoms with Crippen molar-refractivity contribution in [1.82, 2.24) is 10.3 Å². The highest BCUT2D eigenvalue weighted by molar-refractivity contribution is 5.73. The molecule has 1 aromatic carbocycles. The van der Waals surface area contributed by atoms with Gasteiger partial charge in [0, 0.05) is 50.8 Å². The van der Waals surface area contributed by atoms with Gasteiger partial charge in [0.05, 0.1) is 12.2 Å².